The van der Waals surface area contributed by atoms with E-state index in [1.54, 1.807) is 19.4 Å². The second-order valence-corrected chi connectivity index (χ2v) is 9.85. The van der Waals surface area contributed by atoms with Crippen molar-refractivity contribution in [3.63, 3.8) is 0 Å². The number of fused-ring (bicyclic) bond motifs is 1. The Morgan fingerprint density at radius 1 is 1.00 bits per heavy atom. The van der Waals surface area contributed by atoms with E-state index in [1.807, 2.05) is 73.7 Å². The molecule has 1 N–H and O–H groups in total. The van der Waals surface area contributed by atoms with Gasteiger partial charge in [0, 0.05) is 4.47 Å². The van der Waals surface area contributed by atoms with E-state index in [0.29, 0.717) is 36.0 Å². The maximum Gasteiger partial charge on any atom is 0.275 e. The fourth-order valence-corrected chi connectivity index (χ4v) is 4.64. The van der Waals surface area contributed by atoms with Crippen molar-refractivity contribution in [2.24, 2.45) is 5.10 Å². The highest BCUT2D eigenvalue weighted by Crippen LogP contribution is 2.34. The zero-order valence-electron chi connectivity index (χ0n) is 19.8. The van der Waals surface area contributed by atoms with Gasteiger partial charge in [-0.1, -0.05) is 52.3 Å². The number of carbonyl (C=O) groups is 1. The van der Waals surface area contributed by atoms with E-state index in [9.17, 15) is 4.79 Å². The molecule has 0 bridgehead atoms. The van der Waals surface area contributed by atoms with Gasteiger partial charge in [-0.3, -0.25) is 4.79 Å². The molecule has 4 rings (SSSR count). The van der Waals surface area contributed by atoms with E-state index in [4.69, 9.17) is 14.2 Å². The molecule has 0 radical (unpaired) electrons. The first kappa shape index (κ1) is 26.0. The number of hydrogen-bond donors (Lipinski definition) is 1. The molecule has 4 aromatic rings. The standard InChI is InChI=1S/C28H24BrIN2O4/c1-3-35-26-13-19(12-24(30)27(26)36-17-18-8-10-22(29)11-9-18)16-31-32-28(33)23-14-20-6-4-5-7-21(20)15-25(23)34-2/h4-16H,3,17H2,1-2H3,(H,32,33)/b31-16-. The van der Waals surface area contributed by atoms with Crippen molar-refractivity contribution in [2.75, 3.05) is 13.7 Å². The van der Waals surface area contributed by atoms with Crippen LogP contribution in [-0.2, 0) is 6.61 Å². The van der Waals surface area contributed by atoms with Crippen molar-refractivity contribution in [3.8, 4) is 17.2 Å². The smallest absolute Gasteiger partial charge is 0.275 e. The summed E-state index contributed by atoms with van der Waals surface area (Å²) >= 11 is 5.66. The number of carbonyl (C=O) groups excluding carboxylic acids is 1. The molecule has 0 atom stereocenters. The third-order valence-electron chi connectivity index (χ3n) is 5.32. The van der Waals surface area contributed by atoms with Crippen molar-refractivity contribution in [2.45, 2.75) is 13.5 Å². The summed E-state index contributed by atoms with van der Waals surface area (Å²) in [5.41, 5.74) is 4.83. The van der Waals surface area contributed by atoms with E-state index in [0.717, 1.165) is 29.9 Å². The van der Waals surface area contributed by atoms with Gasteiger partial charge in [0.1, 0.15) is 12.4 Å². The summed E-state index contributed by atoms with van der Waals surface area (Å²) < 4.78 is 19.2. The van der Waals surface area contributed by atoms with Gasteiger partial charge in [0.05, 0.1) is 29.1 Å². The normalized spacial score (nSPS) is 11.0. The second-order valence-electron chi connectivity index (χ2n) is 7.78. The summed E-state index contributed by atoms with van der Waals surface area (Å²) in [6.07, 6.45) is 1.58. The van der Waals surface area contributed by atoms with Crippen LogP contribution >= 0.6 is 38.5 Å². The Labute approximate surface area is 231 Å². The van der Waals surface area contributed by atoms with Crippen LogP contribution in [0.15, 0.2) is 82.4 Å². The average molecular weight is 659 g/mol. The molecule has 0 spiro atoms. The fourth-order valence-electron chi connectivity index (χ4n) is 3.59. The molecule has 0 heterocycles. The Morgan fingerprint density at radius 2 is 1.72 bits per heavy atom. The summed E-state index contributed by atoms with van der Waals surface area (Å²) in [5, 5.41) is 6.10. The molecule has 0 saturated carbocycles. The number of benzene rings is 4. The SMILES string of the molecule is CCOc1cc(/C=N\NC(=O)c2cc3ccccc3cc2OC)cc(I)c1OCc1ccc(Br)cc1. The van der Waals surface area contributed by atoms with Crippen LogP contribution in [0.3, 0.4) is 0 Å². The van der Waals surface area contributed by atoms with Gasteiger partial charge in [0.15, 0.2) is 11.5 Å². The Kier molecular flexibility index (Phi) is 8.82. The molecular weight excluding hydrogens is 635 g/mol. The van der Waals surface area contributed by atoms with Crippen molar-refractivity contribution < 1.29 is 19.0 Å². The second kappa shape index (κ2) is 12.2. The van der Waals surface area contributed by atoms with Crippen LogP contribution in [0.2, 0.25) is 0 Å². The van der Waals surface area contributed by atoms with Gasteiger partial charge >= 0.3 is 0 Å². The van der Waals surface area contributed by atoms with Gasteiger partial charge in [-0.05, 0) is 87.8 Å². The van der Waals surface area contributed by atoms with E-state index < -0.39 is 0 Å². The molecule has 1 amide bonds. The largest absolute Gasteiger partial charge is 0.496 e. The van der Waals surface area contributed by atoms with E-state index in [2.05, 4.69) is 49.0 Å². The maximum absolute atomic E-state index is 12.8. The molecule has 0 aromatic heterocycles. The molecule has 36 heavy (non-hydrogen) atoms. The van der Waals surface area contributed by atoms with Crippen LogP contribution in [0.5, 0.6) is 17.2 Å². The van der Waals surface area contributed by atoms with Crippen molar-refractivity contribution in [1.29, 1.82) is 0 Å². The number of hydrazone groups is 1. The molecule has 8 heteroatoms. The van der Waals surface area contributed by atoms with Crippen LogP contribution in [-0.4, -0.2) is 25.8 Å². The van der Waals surface area contributed by atoms with Crippen molar-refractivity contribution in [1.82, 2.24) is 5.43 Å². The summed E-state index contributed by atoms with van der Waals surface area (Å²) in [4.78, 5) is 12.8. The molecule has 6 nitrogen and oxygen atoms in total. The van der Waals surface area contributed by atoms with Crippen LogP contribution in [0.1, 0.15) is 28.4 Å². The Hall–Kier alpha value is -3.11. The number of nitrogens with zero attached hydrogens (tertiary/aromatic N) is 1. The lowest BCUT2D eigenvalue weighted by molar-refractivity contribution is 0.0952. The molecular formula is C28H24BrIN2O4. The molecule has 0 fully saturated rings. The number of amides is 1. The summed E-state index contributed by atoms with van der Waals surface area (Å²) in [6.45, 7) is 2.83. The number of ether oxygens (including phenoxy) is 3. The quantitative estimate of drug-likeness (QED) is 0.120. The van der Waals surface area contributed by atoms with Gasteiger partial charge in [-0.2, -0.15) is 5.10 Å². The van der Waals surface area contributed by atoms with Crippen LogP contribution in [0, 0.1) is 3.57 Å². The minimum absolute atomic E-state index is 0.358. The summed E-state index contributed by atoms with van der Waals surface area (Å²) in [7, 11) is 1.54. The number of nitrogens with one attached hydrogen (secondary N) is 1. The zero-order chi connectivity index (χ0) is 25.5. The number of rotatable bonds is 9. The van der Waals surface area contributed by atoms with E-state index >= 15 is 0 Å². The van der Waals surface area contributed by atoms with Gasteiger partial charge in [-0.25, -0.2) is 5.43 Å². The van der Waals surface area contributed by atoms with Crippen molar-refractivity contribution in [3.05, 3.63) is 97.5 Å². The topological polar surface area (TPSA) is 69.2 Å². The minimum Gasteiger partial charge on any atom is -0.496 e. The predicted molar refractivity (Wildman–Crippen MR) is 154 cm³/mol. The molecule has 184 valence electrons. The molecule has 0 saturated heterocycles. The maximum atomic E-state index is 12.8. The predicted octanol–water partition coefficient (Wildman–Crippen LogP) is 6.96. The lowest BCUT2D eigenvalue weighted by Crippen LogP contribution is -2.18. The average Bonchev–Trinajstić information content (AvgIpc) is 2.88. The third kappa shape index (κ3) is 6.36. The summed E-state index contributed by atoms with van der Waals surface area (Å²) in [5.74, 6) is 1.41. The zero-order valence-corrected chi connectivity index (χ0v) is 23.5. The Morgan fingerprint density at radius 3 is 2.42 bits per heavy atom. The third-order valence-corrected chi connectivity index (χ3v) is 6.65. The van der Waals surface area contributed by atoms with Gasteiger partial charge < -0.3 is 14.2 Å². The molecule has 0 aliphatic heterocycles. The van der Waals surface area contributed by atoms with Gasteiger partial charge in [0.2, 0.25) is 0 Å². The molecule has 0 aliphatic carbocycles. The highest BCUT2D eigenvalue weighted by molar-refractivity contribution is 14.1. The van der Waals surface area contributed by atoms with Crippen LogP contribution in [0.25, 0.3) is 10.8 Å². The summed E-state index contributed by atoms with van der Waals surface area (Å²) in [6, 6.07) is 23.2. The van der Waals surface area contributed by atoms with Crippen LogP contribution in [0.4, 0.5) is 0 Å². The first-order valence-corrected chi connectivity index (χ1v) is 13.1. The van der Waals surface area contributed by atoms with E-state index in [1.165, 1.54) is 0 Å². The minimum atomic E-state index is -0.358. The molecule has 0 aliphatic rings. The monoisotopic (exact) mass is 658 g/mol. The Bertz CT molecular complexity index is 1410. The highest BCUT2D eigenvalue weighted by Gasteiger charge is 2.14. The highest BCUT2D eigenvalue weighted by atomic mass is 127. The van der Waals surface area contributed by atoms with Crippen LogP contribution < -0.4 is 19.6 Å². The first-order valence-electron chi connectivity index (χ1n) is 11.2. The number of methoxy groups -OCH3 is 1. The number of halogens is 2. The molecule has 0 unspecified atom stereocenters. The molecule has 4 aromatic carbocycles. The van der Waals surface area contributed by atoms with E-state index in [-0.39, 0.29) is 5.91 Å². The first-order chi connectivity index (χ1) is 17.5. The van der Waals surface area contributed by atoms with Crippen molar-refractivity contribution >= 4 is 61.4 Å². The fraction of sp³-hybridized carbons (Fsp3) is 0.143. The van der Waals surface area contributed by atoms with Gasteiger partial charge in [0.25, 0.3) is 5.91 Å². The Balaban J connectivity index is 1.50. The lowest BCUT2D eigenvalue weighted by Gasteiger charge is -2.15. The van der Waals surface area contributed by atoms with Gasteiger partial charge in [-0.15, -0.1) is 0 Å². The number of hydrogen-bond acceptors (Lipinski definition) is 5. The lowest BCUT2D eigenvalue weighted by atomic mass is 10.1.